The van der Waals surface area contributed by atoms with Gasteiger partial charge in [-0.15, -0.1) is 0 Å². The monoisotopic (exact) mass is 173 g/mol. The van der Waals surface area contributed by atoms with Crippen LogP contribution in [0.15, 0.2) is 23.4 Å². The molecule has 1 aromatic carbocycles. The van der Waals surface area contributed by atoms with Crippen LogP contribution in [0.5, 0.6) is 0 Å². The van der Waals surface area contributed by atoms with Gasteiger partial charge in [0.25, 0.3) is 0 Å². The summed E-state index contributed by atoms with van der Waals surface area (Å²) >= 11 is 5.43. The van der Waals surface area contributed by atoms with E-state index < -0.39 is 5.82 Å². The van der Waals surface area contributed by atoms with Crippen LogP contribution in [0.3, 0.4) is 0 Å². The van der Waals surface area contributed by atoms with Crippen molar-refractivity contribution in [3.8, 4) is 0 Å². The Morgan fingerprint density at radius 3 is 2.82 bits per heavy atom. The van der Waals surface area contributed by atoms with Gasteiger partial charge in [0.1, 0.15) is 5.82 Å². The van der Waals surface area contributed by atoms with Crippen LogP contribution in [0.2, 0.25) is 5.02 Å². The highest BCUT2D eigenvalue weighted by Gasteiger charge is 1.97. The first-order valence-corrected chi connectivity index (χ1v) is 3.24. The first-order valence-electron chi connectivity index (χ1n) is 2.86. The van der Waals surface area contributed by atoms with Gasteiger partial charge in [0.15, 0.2) is 0 Å². The molecule has 2 nitrogen and oxygen atoms in total. The fourth-order valence-corrected chi connectivity index (χ4v) is 0.848. The van der Waals surface area contributed by atoms with Crippen LogP contribution in [0.1, 0.15) is 5.56 Å². The van der Waals surface area contributed by atoms with Crippen molar-refractivity contribution in [2.45, 2.75) is 0 Å². The maximum atomic E-state index is 12.5. The number of hydrogen-bond acceptors (Lipinski definition) is 2. The maximum absolute atomic E-state index is 12.5. The molecule has 0 aliphatic heterocycles. The normalized spacial score (nSPS) is 10.7. The lowest BCUT2D eigenvalue weighted by Gasteiger charge is -1.93. The lowest BCUT2D eigenvalue weighted by atomic mass is 10.2. The van der Waals surface area contributed by atoms with E-state index in [9.17, 15) is 4.39 Å². The highest BCUT2D eigenvalue weighted by atomic mass is 35.5. The van der Waals surface area contributed by atoms with Gasteiger partial charge in [0, 0.05) is 0 Å². The van der Waals surface area contributed by atoms with E-state index in [1.807, 2.05) is 0 Å². The van der Waals surface area contributed by atoms with Crippen molar-refractivity contribution in [1.82, 2.24) is 0 Å². The molecule has 4 heteroatoms. The summed E-state index contributed by atoms with van der Waals surface area (Å²) in [6.45, 7) is 0. The molecule has 1 aromatic rings. The minimum absolute atomic E-state index is 0.0161. The number of nitrogens with zero attached hydrogens (tertiary/aromatic N) is 1. The third-order valence-electron chi connectivity index (χ3n) is 1.15. The molecule has 0 amide bonds. The Morgan fingerprint density at radius 2 is 2.27 bits per heavy atom. The van der Waals surface area contributed by atoms with E-state index in [-0.39, 0.29) is 5.02 Å². The predicted octanol–water partition coefficient (Wildman–Crippen LogP) is 2.29. The quantitative estimate of drug-likeness (QED) is 0.395. The average molecular weight is 174 g/mol. The predicted molar refractivity (Wildman–Crippen MR) is 40.8 cm³/mol. The summed E-state index contributed by atoms with van der Waals surface area (Å²) in [6.07, 6.45) is 1.17. The Labute approximate surface area is 67.9 Å². The first kappa shape index (κ1) is 8.01. The molecule has 58 valence electrons. The van der Waals surface area contributed by atoms with Gasteiger partial charge in [-0.2, -0.15) is 0 Å². The summed E-state index contributed by atoms with van der Waals surface area (Å²) < 4.78 is 12.5. The number of benzene rings is 1. The molecule has 0 saturated heterocycles. The van der Waals surface area contributed by atoms with Crippen LogP contribution in [0.4, 0.5) is 4.39 Å². The first-order chi connectivity index (χ1) is 5.24. The minimum Gasteiger partial charge on any atom is -0.411 e. The third kappa shape index (κ3) is 1.91. The molecular formula is C7H5ClFNO. The molecule has 0 atom stereocenters. The van der Waals surface area contributed by atoms with Crippen molar-refractivity contribution >= 4 is 17.8 Å². The second-order valence-corrected chi connectivity index (χ2v) is 2.33. The summed E-state index contributed by atoms with van der Waals surface area (Å²) in [5.74, 6) is -0.484. The van der Waals surface area contributed by atoms with Crippen molar-refractivity contribution in [2.75, 3.05) is 0 Å². The summed E-state index contributed by atoms with van der Waals surface area (Å²) in [5, 5.41) is 10.9. The smallest absolute Gasteiger partial charge is 0.141 e. The van der Waals surface area contributed by atoms with Gasteiger partial charge < -0.3 is 5.21 Å². The van der Waals surface area contributed by atoms with Crippen LogP contribution in [-0.4, -0.2) is 11.4 Å². The molecule has 0 unspecified atom stereocenters. The fourth-order valence-electron chi connectivity index (χ4n) is 0.659. The lowest BCUT2D eigenvalue weighted by Crippen LogP contribution is -1.82. The SMILES string of the molecule is O/N=C\c1ccc(F)c(Cl)c1. The zero-order chi connectivity index (χ0) is 8.27. The van der Waals surface area contributed by atoms with Crippen LogP contribution >= 0.6 is 11.6 Å². The standard InChI is InChI=1S/C7H5ClFNO/c8-6-3-5(4-10-11)1-2-7(6)9/h1-4,11H/b10-4-. The lowest BCUT2D eigenvalue weighted by molar-refractivity contribution is 0.322. The number of hydrogen-bond donors (Lipinski definition) is 1. The fraction of sp³-hybridized carbons (Fsp3) is 0. The second kappa shape index (κ2) is 3.34. The summed E-state index contributed by atoms with van der Waals surface area (Å²) in [6, 6.07) is 4.04. The van der Waals surface area contributed by atoms with Crippen molar-refractivity contribution in [1.29, 1.82) is 0 Å². The van der Waals surface area contributed by atoms with E-state index in [1.54, 1.807) is 0 Å². The summed E-state index contributed by atoms with van der Waals surface area (Å²) in [4.78, 5) is 0. The van der Waals surface area contributed by atoms with E-state index in [0.29, 0.717) is 5.56 Å². The third-order valence-corrected chi connectivity index (χ3v) is 1.44. The molecule has 0 fully saturated rings. The van der Waals surface area contributed by atoms with Crippen molar-refractivity contribution in [2.24, 2.45) is 5.16 Å². The molecule has 1 rings (SSSR count). The Bertz CT molecular complexity index is 288. The van der Waals surface area contributed by atoms with E-state index in [1.165, 1.54) is 24.4 Å². The van der Waals surface area contributed by atoms with Gasteiger partial charge >= 0.3 is 0 Å². The van der Waals surface area contributed by atoms with Gasteiger partial charge in [0.2, 0.25) is 0 Å². The number of rotatable bonds is 1. The Kier molecular flexibility index (Phi) is 2.44. The molecule has 1 N–H and O–H groups in total. The average Bonchev–Trinajstić information content (AvgIpc) is 1.98. The molecule has 0 aromatic heterocycles. The Hall–Kier alpha value is -1.09. The molecule has 0 radical (unpaired) electrons. The Balaban J connectivity index is 3.05. The molecule has 0 saturated carbocycles. The van der Waals surface area contributed by atoms with Gasteiger partial charge in [-0.25, -0.2) is 4.39 Å². The Morgan fingerprint density at radius 1 is 1.55 bits per heavy atom. The second-order valence-electron chi connectivity index (χ2n) is 1.92. The van der Waals surface area contributed by atoms with Gasteiger partial charge in [0.05, 0.1) is 11.2 Å². The maximum Gasteiger partial charge on any atom is 0.141 e. The molecule has 0 aliphatic rings. The highest BCUT2D eigenvalue weighted by molar-refractivity contribution is 6.31. The van der Waals surface area contributed by atoms with E-state index >= 15 is 0 Å². The number of oxime groups is 1. The van der Waals surface area contributed by atoms with E-state index in [4.69, 9.17) is 16.8 Å². The van der Waals surface area contributed by atoms with Gasteiger partial charge in [-0.3, -0.25) is 0 Å². The minimum atomic E-state index is -0.484. The van der Waals surface area contributed by atoms with Crippen molar-refractivity contribution in [3.63, 3.8) is 0 Å². The zero-order valence-corrected chi connectivity index (χ0v) is 6.22. The molecule has 11 heavy (non-hydrogen) atoms. The summed E-state index contributed by atoms with van der Waals surface area (Å²) in [7, 11) is 0. The van der Waals surface area contributed by atoms with Crippen LogP contribution in [0, 0.1) is 5.82 Å². The topological polar surface area (TPSA) is 32.6 Å². The largest absolute Gasteiger partial charge is 0.411 e. The molecular weight excluding hydrogens is 169 g/mol. The van der Waals surface area contributed by atoms with Gasteiger partial charge in [-0.1, -0.05) is 22.8 Å². The molecule has 0 heterocycles. The molecule has 0 bridgehead atoms. The zero-order valence-electron chi connectivity index (χ0n) is 5.46. The van der Waals surface area contributed by atoms with E-state index in [2.05, 4.69) is 5.16 Å². The van der Waals surface area contributed by atoms with Crippen molar-refractivity contribution < 1.29 is 9.60 Å². The molecule has 0 aliphatic carbocycles. The van der Waals surface area contributed by atoms with Crippen LogP contribution in [0.25, 0.3) is 0 Å². The van der Waals surface area contributed by atoms with Crippen LogP contribution in [-0.2, 0) is 0 Å². The van der Waals surface area contributed by atoms with Crippen LogP contribution < -0.4 is 0 Å². The highest BCUT2D eigenvalue weighted by Crippen LogP contribution is 2.14. The van der Waals surface area contributed by atoms with Gasteiger partial charge in [-0.05, 0) is 17.7 Å². The number of halogens is 2. The van der Waals surface area contributed by atoms with Crippen molar-refractivity contribution in [3.05, 3.63) is 34.6 Å². The van der Waals surface area contributed by atoms with E-state index in [0.717, 1.165) is 0 Å². The summed E-state index contributed by atoms with van der Waals surface area (Å²) in [5.41, 5.74) is 0.555. The molecule has 0 spiro atoms.